The van der Waals surface area contributed by atoms with E-state index in [1.54, 1.807) is 0 Å². The second kappa shape index (κ2) is 4.76. The van der Waals surface area contributed by atoms with Gasteiger partial charge in [-0.1, -0.05) is 11.6 Å². The molecule has 2 rings (SSSR count). The Labute approximate surface area is 116 Å². The molecule has 108 valence electrons. The molecule has 0 saturated carbocycles. The Balaban J connectivity index is 2.64. The van der Waals surface area contributed by atoms with E-state index in [-0.39, 0.29) is 15.9 Å². The standard InChI is InChI=1S/C10H6ClF3N2O3S/c11-9-6-3-5(19-10(12,13)14)1-2-7(6)16-4-8(9)20(15,17)18/h1-4H,(H2,15,17,18). The van der Waals surface area contributed by atoms with E-state index < -0.39 is 27.0 Å². The van der Waals surface area contributed by atoms with Crippen molar-refractivity contribution in [1.82, 2.24) is 4.98 Å². The van der Waals surface area contributed by atoms with Gasteiger partial charge < -0.3 is 4.74 Å². The van der Waals surface area contributed by atoms with Crippen LogP contribution in [0, 0.1) is 0 Å². The fraction of sp³-hybridized carbons (Fsp3) is 0.100. The SMILES string of the molecule is NS(=O)(=O)c1cnc2ccc(OC(F)(F)F)cc2c1Cl. The first-order valence-corrected chi connectivity index (χ1v) is 6.87. The molecule has 0 atom stereocenters. The molecule has 0 amide bonds. The summed E-state index contributed by atoms with van der Waals surface area (Å²) < 4.78 is 62.6. The number of aromatic nitrogens is 1. The number of hydrogen-bond donors (Lipinski definition) is 1. The van der Waals surface area contributed by atoms with Crippen molar-refractivity contribution in [3.8, 4) is 5.75 Å². The maximum atomic E-state index is 12.1. The second-order valence-electron chi connectivity index (χ2n) is 3.71. The number of hydrogen-bond acceptors (Lipinski definition) is 4. The number of fused-ring (bicyclic) bond motifs is 1. The lowest BCUT2D eigenvalue weighted by Gasteiger charge is -2.10. The lowest BCUT2D eigenvalue weighted by Crippen LogP contribution is -2.17. The number of benzene rings is 1. The van der Waals surface area contributed by atoms with Crippen molar-refractivity contribution in [3.63, 3.8) is 0 Å². The highest BCUT2D eigenvalue weighted by molar-refractivity contribution is 7.89. The fourth-order valence-corrected chi connectivity index (χ4v) is 2.60. The van der Waals surface area contributed by atoms with E-state index in [2.05, 4.69) is 9.72 Å². The molecular weight excluding hydrogens is 321 g/mol. The van der Waals surface area contributed by atoms with Crippen LogP contribution in [0.1, 0.15) is 0 Å². The van der Waals surface area contributed by atoms with Gasteiger partial charge in [-0.2, -0.15) is 0 Å². The molecule has 2 N–H and O–H groups in total. The number of pyridine rings is 1. The van der Waals surface area contributed by atoms with Crippen LogP contribution in [0.3, 0.4) is 0 Å². The highest BCUT2D eigenvalue weighted by Gasteiger charge is 2.31. The van der Waals surface area contributed by atoms with Gasteiger partial charge in [0.05, 0.1) is 10.5 Å². The molecule has 0 bridgehead atoms. The molecular formula is C10H6ClF3N2O3S. The summed E-state index contributed by atoms with van der Waals surface area (Å²) in [5.41, 5.74) is 0.205. The topological polar surface area (TPSA) is 82.3 Å². The first kappa shape index (κ1) is 14.8. The van der Waals surface area contributed by atoms with Crippen LogP contribution in [0.4, 0.5) is 13.2 Å². The predicted octanol–water partition coefficient (Wildman–Crippen LogP) is 2.43. The normalized spacial score (nSPS) is 12.7. The van der Waals surface area contributed by atoms with Gasteiger partial charge >= 0.3 is 6.36 Å². The van der Waals surface area contributed by atoms with Crippen LogP contribution in [0.25, 0.3) is 10.9 Å². The summed E-state index contributed by atoms with van der Waals surface area (Å²) in [5.74, 6) is -0.541. The number of halogens is 4. The Bertz CT molecular complexity index is 777. The minimum atomic E-state index is -4.87. The van der Waals surface area contributed by atoms with Gasteiger partial charge in [-0.25, -0.2) is 13.6 Å². The zero-order valence-corrected chi connectivity index (χ0v) is 11.1. The molecule has 1 aromatic carbocycles. The quantitative estimate of drug-likeness (QED) is 0.919. The van der Waals surface area contributed by atoms with Crippen molar-refractivity contribution in [2.45, 2.75) is 11.3 Å². The minimum absolute atomic E-state index is 0.0139. The summed E-state index contributed by atoms with van der Waals surface area (Å²) in [5, 5.41) is 4.60. The van der Waals surface area contributed by atoms with E-state index >= 15 is 0 Å². The number of ether oxygens (including phenoxy) is 1. The number of primary sulfonamides is 1. The van der Waals surface area contributed by atoms with E-state index in [9.17, 15) is 21.6 Å². The van der Waals surface area contributed by atoms with Gasteiger partial charge in [-0.3, -0.25) is 4.98 Å². The zero-order valence-electron chi connectivity index (χ0n) is 9.48. The lowest BCUT2D eigenvalue weighted by molar-refractivity contribution is -0.274. The van der Waals surface area contributed by atoms with Crippen LogP contribution in [0.15, 0.2) is 29.3 Å². The number of sulfonamides is 1. The first-order chi connectivity index (χ1) is 9.08. The Morgan fingerprint density at radius 1 is 1.30 bits per heavy atom. The fourth-order valence-electron chi connectivity index (χ4n) is 1.52. The summed E-state index contributed by atoms with van der Waals surface area (Å²) in [4.78, 5) is 3.29. The molecule has 0 fully saturated rings. The van der Waals surface area contributed by atoms with E-state index in [1.165, 1.54) is 6.07 Å². The Kier molecular flexibility index (Phi) is 3.53. The third kappa shape index (κ3) is 3.11. The smallest absolute Gasteiger partial charge is 0.406 e. The van der Waals surface area contributed by atoms with Crippen molar-refractivity contribution < 1.29 is 26.3 Å². The van der Waals surface area contributed by atoms with Crippen LogP contribution < -0.4 is 9.88 Å². The molecule has 1 aromatic heterocycles. The van der Waals surface area contributed by atoms with E-state index in [4.69, 9.17) is 16.7 Å². The summed E-state index contributed by atoms with van der Waals surface area (Å²) in [6.07, 6.45) is -3.94. The van der Waals surface area contributed by atoms with Gasteiger partial charge in [-0.15, -0.1) is 13.2 Å². The number of nitrogens with two attached hydrogens (primary N) is 1. The van der Waals surface area contributed by atoms with Crippen molar-refractivity contribution >= 4 is 32.5 Å². The molecule has 0 aliphatic carbocycles. The molecule has 0 aliphatic rings. The molecule has 10 heteroatoms. The Morgan fingerprint density at radius 3 is 2.50 bits per heavy atom. The van der Waals surface area contributed by atoms with E-state index in [0.717, 1.165) is 18.3 Å². The van der Waals surface area contributed by atoms with Crippen molar-refractivity contribution in [2.75, 3.05) is 0 Å². The molecule has 0 spiro atoms. The third-order valence-corrected chi connectivity index (χ3v) is 3.72. The van der Waals surface area contributed by atoms with Crippen molar-refractivity contribution in [2.24, 2.45) is 5.14 Å². The predicted molar refractivity (Wildman–Crippen MR) is 64.8 cm³/mol. The highest BCUT2D eigenvalue weighted by Crippen LogP contribution is 2.32. The highest BCUT2D eigenvalue weighted by atomic mass is 35.5. The van der Waals surface area contributed by atoms with Crippen LogP contribution in [-0.4, -0.2) is 19.8 Å². The van der Waals surface area contributed by atoms with Gasteiger partial charge in [0.25, 0.3) is 0 Å². The van der Waals surface area contributed by atoms with Gasteiger partial charge in [0.2, 0.25) is 10.0 Å². The number of nitrogens with zero attached hydrogens (tertiary/aromatic N) is 1. The number of rotatable bonds is 2. The third-order valence-electron chi connectivity index (χ3n) is 2.28. The van der Waals surface area contributed by atoms with Crippen LogP contribution >= 0.6 is 11.6 Å². The van der Waals surface area contributed by atoms with Crippen molar-refractivity contribution in [1.29, 1.82) is 0 Å². The van der Waals surface area contributed by atoms with Crippen molar-refractivity contribution in [3.05, 3.63) is 29.4 Å². The van der Waals surface area contributed by atoms with E-state index in [0.29, 0.717) is 0 Å². The van der Waals surface area contributed by atoms with Gasteiger partial charge in [-0.05, 0) is 18.2 Å². The lowest BCUT2D eigenvalue weighted by atomic mass is 10.2. The molecule has 2 aromatic rings. The molecule has 0 saturated heterocycles. The maximum absolute atomic E-state index is 12.1. The van der Waals surface area contributed by atoms with Crippen LogP contribution in [0.5, 0.6) is 5.75 Å². The maximum Gasteiger partial charge on any atom is 0.573 e. The van der Waals surface area contributed by atoms with Gasteiger partial charge in [0.1, 0.15) is 10.6 Å². The van der Waals surface area contributed by atoms with Crippen LogP contribution in [-0.2, 0) is 10.0 Å². The summed E-state index contributed by atoms with van der Waals surface area (Å²) in [6.45, 7) is 0. The molecule has 5 nitrogen and oxygen atoms in total. The largest absolute Gasteiger partial charge is 0.573 e. The number of alkyl halides is 3. The summed E-state index contributed by atoms with van der Waals surface area (Å²) in [6, 6.07) is 3.19. The average Bonchev–Trinajstić information content (AvgIpc) is 2.26. The molecule has 1 heterocycles. The van der Waals surface area contributed by atoms with Gasteiger partial charge in [0, 0.05) is 11.6 Å². The molecule has 0 aliphatic heterocycles. The summed E-state index contributed by atoms with van der Waals surface area (Å²) in [7, 11) is -4.13. The van der Waals surface area contributed by atoms with E-state index in [1.807, 2.05) is 0 Å². The monoisotopic (exact) mass is 326 g/mol. The first-order valence-electron chi connectivity index (χ1n) is 4.95. The zero-order chi connectivity index (χ0) is 15.1. The second-order valence-corrected chi connectivity index (χ2v) is 5.62. The average molecular weight is 327 g/mol. The van der Waals surface area contributed by atoms with Gasteiger partial charge in [0.15, 0.2) is 0 Å². The minimum Gasteiger partial charge on any atom is -0.406 e. The molecule has 0 unspecified atom stereocenters. The summed E-state index contributed by atoms with van der Waals surface area (Å²) >= 11 is 5.83. The molecule has 0 radical (unpaired) electrons. The Morgan fingerprint density at radius 2 is 1.95 bits per heavy atom. The molecule has 20 heavy (non-hydrogen) atoms. The Hall–Kier alpha value is -1.58. The van der Waals surface area contributed by atoms with Crippen LogP contribution in [0.2, 0.25) is 5.02 Å².